The molecule has 0 spiro atoms. The van der Waals surface area contributed by atoms with E-state index in [1.165, 1.54) is 6.07 Å². The van der Waals surface area contributed by atoms with Gasteiger partial charge in [-0.2, -0.15) is 5.26 Å². The Labute approximate surface area is 171 Å². The number of alkyl halides is 1. The van der Waals surface area contributed by atoms with Gasteiger partial charge in [0.25, 0.3) is 0 Å². The lowest BCUT2D eigenvalue weighted by molar-refractivity contribution is -0.146. The number of halogens is 2. The summed E-state index contributed by atoms with van der Waals surface area (Å²) in [5, 5.41) is 18.8. The van der Waals surface area contributed by atoms with Crippen LogP contribution in [0.15, 0.2) is 24.3 Å². The molecule has 0 aromatic heterocycles. The molecule has 29 heavy (non-hydrogen) atoms. The van der Waals surface area contributed by atoms with E-state index < -0.39 is 47.3 Å². The monoisotopic (exact) mass is 405 g/mol. The van der Waals surface area contributed by atoms with E-state index in [2.05, 4.69) is 6.07 Å². The van der Waals surface area contributed by atoms with Gasteiger partial charge < -0.3 is 14.4 Å². The van der Waals surface area contributed by atoms with Gasteiger partial charge >= 0.3 is 0 Å². The SMILES string of the molecule is CC(OC(C)(C)C)N1C(=N)[C@@](C)(C#N)C[C@@H]2C(CF)OCC21c1ccccc1F. The summed E-state index contributed by atoms with van der Waals surface area (Å²) >= 11 is 0. The number of nitrogens with zero attached hydrogens (tertiary/aromatic N) is 2. The van der Waals surface area contributed by atoms with Crippen LogP contribution < -0.4 is 0 Å². The zero-order chi connectivity index (χ0) is 21.6. The first-order valence-corrected chi connectivity index (χ1v) is 9.90. The van der Waals surface area contributed by atoms with Gasteiger partial charge in [-0.25, -0.2) is 8.78 Å². The molecule has 1 aromatic carbocycles. The minimum atomic E-state index is -1.16. The average molecular weight is 405 g/mol. The van der Waals surface area contributed by atoms with Crippen molar-refractivity contribution < 1.29 is 18.3 Å². The molecule has 3 unspecified atom stereocenters. The Morgan fingerprint density at radius 3 is 2.62 bits per heavy atom. The molecule has 1 aromatic rings. The topological polar surface area (TPSA) is 69.3 Å². The first-order chi connectivity index (χ1) is 13.5. The molecule has 2 aliphatic rings. The third kappa shape index (κ3) is 3.43. The van der Waals surface area contributed by atoms with E-state index in [0.717, 1.165) is 0 Å². The molecule has 2 heterocycles. The second-order valence-corrected chi connectivity index (χ2v) is 9.21. The van der Waals surface area contributed by atoms with Crippen molar-refractivity contribution in [3.05, 3.63) is 35.6 Å². The molecule has 2 saturated heterocycles. The van der Waals surface area contributed by atoms with Crippen LogP contribution in [-0.2, 0) is 15.0 Å². The second-order valence-electron chi connectivity index (χ2n) is 9.21. The number of nitrogens with one attached hydrogen (secondary N) is 1. The minimum Gasteiger partial charge on any atom is -0.372 e. The normalized spacial score (nSPS) is 33.3. The lowest BCUT2D eigenvalue weighted by Gasteiger charge is -2.56. The number of benzene rings is 1. The minimum absolute atomic E-state index is 0.0227. The quantitative estimate of drug-likeness (QED) is 0.807. The second kappa shape index (κ2) is 7.33. The van der Waals surface area contributed by atoms with E-state index in [1.807, 2.05) is 20.8 Å². The molecule has 3 rings (SSSR count). The van der Waals surface area contributed by atoms with Gasteiger partial charge in [-0.1, -0.05) is 18.2 Å². The lowest BCUT2D eigenvalue weighted by atomic mass is 9.64. The molecule has 158 valence electrons. The van der Waals surface area contributed by atoms with E-state index in [4.69, 9.17) is 14.9 Å². The standard InChI is InChI=1S/C22H29F2N3O2/c1-14(29-20(2,3)4)27-19(26)21(5,12-25)10-16-18(11-23)28-13-22(16,27)15-8-6-7-9-17(15)24/h6-9,14,16,18,26H,10-11,13H2,1-5H3/t14?,16-,18?,21-,22?/m1/s1. The highest BCUT2D eigenvalue weighted by Crippen LogP contribution is 2.55. The summed E-state index contributed by atoms with van der Waals surface area (Å²) in [6.45, 7) is 8.42. The van der Waals surface area contributed by atoms with Crippen LogP contribution in [0, 0.1) is 33.9 Å². The van der Waals surface area contributed by atoms with Crippen molar-refractivity contribution in [2.45, 2.75) is 64.5 Å². The maximum atomic E-state index is 15.1. The van der Waals surface area contributed by atoms with Gasteiger partial charge in [0.1, 0.15) is 35.5 Å². The molecular weight excluding hydrogens is 376 g/mol. The molecule has 0 radical (unpaired) electrons. The molecule has 0 aliphatic carbocycles. The molecule has 5 nitrogen and oxygen atoms in total. The van der Waals surface area contributed by atoms with Crippen LogP contribution in [-0.4, -0.2) is 41.9 Å². The van der Waals surface area contributed by atoms with Crippen LogP contribution in [0.1, 0.15) is 46.6 Å². The van der Waals surface area contributed by atoms with Gasteiger partial charge in [-0.3, -0.25) is 5.41 Å². The van der Waals surface area contributed by atoms with E-state index in [-0.39, 0.29) is 18.9 Å². The number of amidine groups is 1. The zero-order valence-corrected chi connectivity index (χ0v) is 17.6. The maximum Gasteiger partial charge on any atom is 0.129 e. The summed E-state index contributed by atoms with van der Waals surface area (Å²) < 4.78 is 40.9. The first-order valence-electron chi connectivity index (χ1n) is 9.90. The molecule has 0 saturated carbocycles. The van der Waals surface area contributed by atoms with E-state index in [0.29, 0.717) is 5.56 Å². The van der Waals surface area contributed by atoms with Crippen molar-refractivity contribution in [1.29, 1.82) is 10.7 Å². The third-order valence-electron chi connectivity index (χ3n) is 6.03. The maximum absolute atomic E-state index is 15.1. The molecule has 5 atom stereocenters. The zero-order valence-electron chi connectivity index (χ0n) is 17.6. The van der Waals surface area contributed by atoms with Crippen molar-refractivity contribution in [2.24, 2.45) is 11.3 Å². The number of fused-ring (bicyclic) bond motifs is 1. The molecule has 2 fully saturated rings. The fraction of sp³-hybridized carbons (Fsp3) is 0.636. The molecule has 1 N–H and O–H groups in total. The largest absolute Gasteiger partial charge is 0.372 e. The summed E-state index contributed by atoms with van der Waals surface area (Å²) in [5.74, 6) is -0.907. The van der Waals surface area contributed by atoms with Gasteiger partial charge in [-0.15, -0.1) is 0 Å². The summed E-state index contributed by atoms with van der Waals surface area (Å²) in [6, 6.07) is 8.56. The van der Waals surface area contributed by atoms with Crippen molar-refractivity contribution in [1.82, 2.24) is 4.90 Å². The van der Waals surface area contributed by atoms with Crippen LogP contribution in [0.4, 0.5) is 8.78 Å². The number of piperidine rings is 1. The van der Waals surface area contributed by atoms with Gasteiger partial charge in [0.2, 0.25) is 0 Å². The average Bonchev–Trinajstić information content (AvgIpc) is 2.99. The number of nitriles is 1. The highest BCUT2D eigenvalue weighted by atomic mass is 19.1. The van der Waals surface area contributed by atoms with E-state index in [1.54, 1.807) is 36.9 Å². The van der Waals surface area contributed by atoms with Crippen molar-refractivity contribution in [3.63, 3.8) is 0 Å². The van der Waals surface area contributed by atoms with Crippen LogP contribution in [0.25, 0.3) is 0 Å². The highest BCUT2D eigenvalue weighted by Gasteiger charge is 2.64. The van der Waals surface area contributed by atoms with Crippen molar-refractivity contribution in [2.75, 3.05) is 13.3 Å². The highest BCUT2D eigenvalue weighted by molar-refractivity contribution is 5.90. The summed E-state index contributed by atoms with van der Waals surface area (Å²) in [7, 11) is 0. The lowest BCUT2D eigenvalue weighted by Crippen LogP contribution is -2.66. The van der Waals surface area contributed by atoms with Gasteiger partial charge in [-0.05, 0) is 47.1 Å². The van der Waals surface area contributed by atoms with Gasteiger partial charge in [0.15, 0.2) is 0 Å². The van der Waals surface area contributed by atoms with Gasteiger partial charge in [0, 0.05) is 11.5 Å². The summed E-state index contributed by atoms with van der Waals surface area (Å²) in [6.07, 6.45) is -1.22. The molecule has 7 heteroatoms. The molecular formula is C22H29F2N3O2. The van der Waals surface area contributed by atoms with Crippen molar-refractivity contribution >= 4 is 5.84 Å². The number of ether oxygens (including phenoxy) is 2. The van der Waals surface area contributed by atoms with Crippen LogP contribution >= 0.6 is 0 Å². The predicted octanol–water partition coefficient (Wildman–Crippen LogP) is 4.38. The molecule has 2 aliphatic heterocycles. The van der Waals surface area contributed by atoms with Gasteiger partial charge in [0.05, 0.1) is 24.4 Å². The number of hydrogen-bond acceptors (Lipinski definition) is 4. The third-order valence-corrected chi connectivity index (χ3v) is 6.03. The van der Waals surface area contributed by atoms with E-state index >= 15 is 4.39 Å². The van der Waals surface area contributed by atoms with Crippen molar-refractivity contribution in [3.8, 4) is 6.07 Å². The Balaban J connectivity index is 2.25. The Kier molecular flexibility index (Phi) is 5.48. The Morgan fingerprint density at radius 2 is 2.07 bits per heavy atom. The van der Waals surface area contributed by atoms with Crippen LogP contribution in [0.2, 0.25) is 0 Å². The Morgan fingerprint density at radius 1 is 1.41 bits per heavy atom. The first kappa shape index (κ1) is 21.7. The van der Waals surface area contributed by atoms with E-state index in [9.17, 15) is 9.65 Å². The number of hydrogen-bond donors (Lipinski definition) is 1. The summed E-state index contributed by atoms with van der Waals surface area (Å²) in [5.41, 5.74) is -2.48. The number of likely N-dealkylation sites (tertiary alicyclic amines) is 1. The predicted molar refractivity (Wildman–Crippen MR) is 105 cm³/mol. The fourth-order valence-corrected chi connectivity index (χ4v) is 4.86. The van der Waals surface area contributed by atoms with Crippen LogP contribution in [0.3, 0.4) is 0 Å². The Bertz CT molecular complexity index is 834. The summed E-state index contributed by atoms with van der Waals surface area (Å²) in [4.78, 5) is 1.66. The Hall–Kier alpha value is -2.04. The van der Waals surface area contributed by atoms with Crippen LogP contribution in [0.5, 0.6) is 0 Å². The molecule has 0 amide bonds. The smallest absolute Gasteiger partial charge is 0.129 e. The molecule has 0 bridgehead atoms. The number of rotatable bonds is 4. The fourth-order valence-electron chi connectivity index (χ4n) is 4.86.